The standard InChI is InChI=1S/C23H27ClFN3O3/c24-21-13-18(25)5-6-20(21)23(31)26-10-7-22(30)27-14-16-1-3-17(4-2-16)15-28-11-8-19(29)9-12-28/h1-6,13,19,29H,7-12,14-15H2,(H,26,31)(H,27,30). The number of hydrogen-bond acceptors (Lipinski definition) is 4. The first-order chi connectivity index (χ1) is 14.9. The number of carbonyl (C=O) groups is 2. The van der Waals surface area contributed by atoms with E-state index in [1.807, 2.05) is 12.1 Å². The molecule has 3 N–H and O–H groups in total. The number of carbonyl (C=O) groups excluding carboxylic acids is 2. The third-order valence-electron chi connectivity index (χ3n) is 5.29. The first-order valence-corrected chi connectivity index (χ1v) is 10.8. The molecule has 1 heterocycles. The van der Waals surface area contributed by atoms with Gasteiger partial charge in [0.15, 0.2) is 0 Å². The van der Waals surface area contributed by atoms with Gasteiger partial charge in [0.25, 0.3) is 5.91 Å². The van der Waals surface area contributed by atoms with Gasteiger partial charge in [-0.2, -0.15) is 0 Å². The van der Waals surface area contributed by atoms with Crippen molar-refractivity contribution in [3.63, 3.8) is 0 Å². The predicted molar refractivity (Wildman–Crippen MR) is 117 cm³/mol. The molecule has 0 spiro atoms. The third kappa shape index (κ3) is 7.31. The van der Waals surface area contributed by atoms with Gasteiger partial charge >= 0.3 is 0 Å². The number of nitrogens with one attached hydrogen (secondary N) is 2. The number of aliphatic hydroxyl groups excluding tert-OH is 1. The minimum atomic E-state index is -0.514. The molecule has 2 amide bonds. The molecule has 1 aliphatic heterocycles. The average Bonchev–Trinajstić information content (AvgIpc) is 2.75. The summed E-state index contributed by atoms with van der Waals surface area (Å²) in [4.78, 5) is 26.4. The number of piperidine rings is 1. The summed E-state index contributed by atoms with van der Waals surface area (Å²) in [5.41, 5.74) is 2.37. The zero-order valence-electron chi connectivity index (χ0n) is 17.2. The number of nitrogens with zero attached hydrogens (tertiary/aromatic N) is 1. The van der Waals surface area contributed by atoms with Crippen LogP contribution in [0.25, 0.3) is 0 Å². The molecule has 0 aromatic heterocycles. The molecule has 0 atom stereocenters. The Kier molecular flexibility index (Phi) is 8.40. The van der Waals surface area contributed by atoms with Crippen molar-refractivity contribution in [1.82, 2.24) is 15.5 Å². The molecule has 0 radical (unpaired) electrons. The summed E-state index contributed by atoms with van der Waals surface area (Å²) in [5.74, 6) is -1.14. The minimum Gasteiger partial charge on any atom is -0.393 e. The van der Waals surface area contributed by atoms with Crippen LogP contribution >= 0.6 is 11.6 Å². The van der Waals surface area contributed by atoms with Gasteiger partial charge in [-0.15, -0.1) is 0 Å². The third-order valence-corrected chi connectivity index (χ3v) is 5.60. The highest BCUT2D eigenvalue weighted by Gasteiger charge is 2.16. The summed E-state index contributed by atoms with van der Waals surface area (Å²) in [5, 5.41) is 15.1. The van der Waals surface area contributed by atoms with E-state index in [4.69, 9.17) is 11.6 Å². The molecule has 31 heavy (non-hydrogen) atoms. The lowest BCUT2D eigenvalue weighted by Crippen LogP contribution is -2.35. The topological polar surface area (TPSA) is 81.7 Å². The van der Waals surface area contributed by atoms with Gasteiger partial charge in [-0.25, -0.2) is 4.39 Å². The van der Waals surface area contributed by atoms with Crippen LogP contribution in [0.5, 0.6) is 0 Å². The molecule has 166 valence electrons. The summed E-state index contributed by atoms with van der Waals surface area (Å²) >= 11 is 5.86. The maximum atomic E-state index is 13.1. The Morgan fingerprint density at radius 2 is 1.74 bits per heavy atom. The quantitative estimate of drug-likeness (QED) is 0.581. The van der Waals surface area contributed by atoms with Crippen LogP contribution in [0, 0.1) is 5.82 Å². The van der Waals surface area contributed by atoms with E-state index in [9.17, 15) is 19.1 Å². The molecule has 2 aromatic carbocycles. The van der Waals surface area contributed by atoms with Crippen molar-refractivity contribution in [2.45, 2.75) is 38.5 Å². The summed E-state index contributed by atoms with van der Waals surface area (Å²) in [6.07, 6.45) is 1.60. The van der Waals surface area contributed by atoms with Crippen LogP contribution in [0.3, 0.4) is 0 Å². The van der Waals surface area contributed by atoms with E-state index in [1.165, 1.54) is 11.6 Å². The molecule has 1 saturated heterocycles. The molecule has 8 heteroatoms. The SMILES string of the molecule is O=C(CCNC(=O)c1ccc(F)cc1Cl)NCc1ccc(CN2CCC(O)CC2)cc1. The number of hydrogen-bond donors (Lipinski definition) is 3. The Morgan fingerprint density at radius 3 is 2.42 bits per heavy atom. The fraction of sp³-hybridized carbons (Fsp3) is 0.391. The molecule has 0 aliphatic carbocycles. The molecule has 0 unspecified atom stereocenters. The Hall–Kier alpha value is -2.48. The van der Waals surface area contributed by atoms with E-state index in [0.717, 1.165) is 50.2 Å². The number of likely N-dealkylation sites (tertiary alicyclic amines) is 1. The summed E-state index contributed by atoms with van der Waals surface area (Å²) in [6.45, 7) is 3.23. The summed E-state index contributed by atoms with van der Waals surface area (Å²) in [7, 11) is 0. The van der Waals surface area contributed by atoms with Gasteiger partial charge < -0.3 is 15.7 Å². The maximum Gasteiger partial charge on any atom is 0.252 e. The lowest BCUT2D eigenvalue weighted by atomic mass is 10.1. The van der Waals surface area contributed by atoms with Gasteiger partial charge in [0, 0.05) is 39.1 Å². The monoisotopic (exact) mass is 447 g/mol. The zero-order chi connectivity index (χ0) is 22.2. The molecule has 6 nitrogen and oxygen atoms in total. The second kappa shape index (κ2) is 11.2. The molecular formula is C23H27ClFN3O3. The number of rotatable bonds is 8. The van der Waals surface area contributed by atoms with Crippen molar-refractivity contribution in [3.8, 4) is 0 Å². The van der Waals surface area contributed by atoms with Crippen molar-refractivity contribution in [2.75, 3.05) is 19.6 Å². The van der Waals surface area contributed by atoms with Gasteiger partial charge in [-0.1, -0.05) is 35.9 Å². The molecule has 2 aromatic rings. The van der Waals surface area contributed by atoms with Gasteiger partial charge in [-0.05, 0) is 42.2 Å². The molecule has 0 saturated carbocycles. The number of amides is 2. The Bertz CT molecular complexity index is 899. The van der Waals surface area contributed by atoms with E-state index in [-0.39, 0.29) is 35.6 Å². The van der Waals surface area contributed by atoms with E-state index >= 15 is 0 Å². The van der Waals surface area contributed by atoms with Crippen molar-refractivity contribution in [2.24, 2.45) is 0 Å². The van der Waals surface area contributed by atoms with Gasteiger partial charge in [-0.3, -0.25) is 14.5 Å². The maximum absolute atomic E-state index is 13.1. The first kappa shape index (κ1) is 23.2. The Labute approximate surface area is 186 Å². The molecule has 1 fully saturated rings. The van der Waals surface area contributed by atoms with Crippen LogP contribution in [0.4, 0.5) is 4.39 Å². The lowest BCUT2D eigenvalue weighted by molar-refractivity contribution is -0.121. The second-order valence-electron chi connectivity index (χ2n) is 7.73. The van der Waals surface area contributed by atoms with Gasteiger partial charge in [0.05, 0.1) is 16.7 Å². The predicted octanol–water partition coefficient (Wildman–Crippen LogP) is 2.87. The van der Waals surface area contributed by atoms with Crippen LogP contribution < -0.4 is 10.6 Å². The number of benzene rings is 2. The van der Waals surface area contributed by atoms with Crippen LogP contribution in [0.15, 0.2) is 42.5 Å². The van der Waals surface area contributed by atoms with E-state index in [2.05, 4.69) is 27.7 Å². The van der Waals surface area contributed by atoms with E-state index in [0.29, 0.717) is 6.54 Å². The van der Waals surface area contributed by atoms with Crippen LogP contribution in [-0.2, 0) is 17.9 Å². The summed E-state index contributed by atoms with van der Waals surface area (Å²) < 4.78 is 13.1. The van der Waals surface area contributed by atoms with E-state index < -0.39 is 11.7 Å². The largest absolute Gasteiger partial charge is 0.393 e. The minimum absolute atomic E-state index is 0.0308. The van der Waals surface area contributed by atoms with Crippen molar-refractivity contribution < 1.29 is 19.1 Å². The van der Waals surface area contributed by atoms with E-state index in [1.54, 1.807) is 0 Å². The van der Waals surface area contributed by atoms with Crippen LogP contribution in [0.2, 0.25) is 5.02 Å². The summed E-state index contributed by atoms with van der Waals surface area (Å²) in [6, 6.07) is 11.6. The highest BCUT2D eigenvalue weighted by Crippen LogP contribution is 2.17. The van der Waals surface area contributed by atoms with Crippen molar-refractivity contribution in [1.29, 1.82) is 0 Å². The number of aliphatic hydroxyl groups is 1. The Morgan fingerprint density at radius 1 is 1.06 bits per heavy atom. The van der Waals surface area contributed by atoms with Crippen LogP contribution in [0.1, 0.15) is 40.7 Å². The smallest absolute Gasteiger partial charge is 0.252 e. The molecule has 1 aliphatic rings. The normalized spacial score (nSPS) is 14.9. The molecule has 3 rings (SSSR count). The van der Waals surface area contributed by atoms with Crippen LogP contribution in [-0.4, -0.2) is 47.6 Å². The number of halogens is 2. The fourth-order valence-electron chi connectivity index (χ4n) is 3.45. The van der Waals surface area contributed by atoms with Gasteiger partial charge in [0.2, 0.25) is 5.91 Å². The zero-order valence-corrected chi connectivity index (χ0v) is 18.0. The molecule has 0 bridgehead atoms. The Balaban J connectivity index is 1.36. The average molecular weight is 448 g/mol. The first-order valence-electron chi connectivity index (χ1n) is 10.4. The lowest BCUT2D eigenvalue weighted by Gasteiger charge is -2.29. The highest BCUT2D eigenvalue weighted by atomic mass is 35.5. The highest BCUT2D eigenvalue weighted by molar-refractivity contribution is 6.33. The van der Waals surface area contributed by atoms with Crippen molar-refractivity contribution in [3.05, 3.63) is 70.0 Å². The van der Waals surface area contributed by atoms with Crippen molar-refractivity contribution >= 4 is 23.4 Å². The molecular weight excluding hydrogens is 421 g/mol. The fourth-order valence-corrected chi connectivity index (χ4v) is 3.70. The second-order valence-corrected chi connectivity index (χ2v) is 8.14. The van der Waals surface area contributed by atoms with Gasteiger partial charge in [0.1, 0.15) is 5.82 Å².